The highest BCUT2D eigenvalue weighted by atomic mass is 32.2. The van der Waals surface area contributed by atoms with Gasteiger partial charge in [0.2, 0.25) is 0 Å². The molecule has 20 heavy (non-hydrogen) atoms. The van der Waals surface area contributed by atoms with Gasteiger partial charge in [-0.2, -0.15) is 0 Å². The highest BCUT2D eigenvalue weighted by Gasteiger charge is 2.13. The lowest BCUT2D eigenvalue weighted by Crippen LogP contribution is -2.06. The number of aromatic carboxylic acids is 1. The van der Waals surface area contributed by atoms with Crippen molar-refractivity contribution in [3.05, 3.63) is 59.7 Å². The minimum Gasteiger partial charge on any atom is -0.478 e. The molecule has 1 aromatic carbocycles. The maximum absolute atomic E-state index is 13.2. The number of aryl methyl sites for hydroxylation is 1. The van der Waals surface area contributed by atoms with Crippen molar-refractivity contribution in [3.8, 4) is 0 Å². The number of nitrogens with zero attached hydrogens (tertiary/aromatic N) is 1. The summed E-state index contributed by atoms with van der Waals surface area (Å²) in [6.07, 6.45) is 3.89. The molecule has 0 aliphatic heterocycles. The highest BCUT2D eigenvalue weighted by molar-refractivity contribution is 7.85. The molecule has 0 spiro atoms. The summed E-state index contributed by atoms with van der Waals surface area (Å²) < 4.78 is 25.3. The van der Waals surface area contributed by atoms with Gasteiger partial charge in [-0.25, -0.2) is 9.18 Å². The third-order valence-electron chi connectivity index (χ3n) is 2.73. The van der Waals surface area contributed by atoms with Crippen molar-refractivity contribution in [2.24, 2.45) is 0 Å². The van der Waals surface area contributed by atoms with Gasteiger partial charge in [0.15, 0.2) is 0 Å². The van der Waals surface area contributed by atoms with Gasteiger partial charge in [0.25, 0.3) is 0 Å². The Balaban J connectivity index is 2.10. The Morgan fingerprint density at radius 2 is 2.15 bits per heavy atom. The summed E-state index contributed by atoms with van der Waals surface area (Å²) in [4.78, 5) is 15.1. The van der Waals surface area contributed by atoms with E-state index in [1.165, 1.54) is 6.07 Å². The van der Waals surface area contributed by atoms with E-state index in [9.17, 15) is 13.4 Å². The lowest BCUT2D eigenvalue weighted by atomic mass is 10.2. The minimum absolute atomic E-state index is 0.313. The number of benzene rings is 1. The van der Waals surface area contributed by atoms with Crippen molar-refractivity contribution in [2.45, 2.75) is 11.3 Å². The fraction of sp³-hybridized carbons (Fsp3) is 0.143. The summed E-state index contributed by atoms with van der Waals surface area (Å²) >= 11 is 0. The number of halogens is 1. The Morgan fingerprint density at radius 1 is 1.35 bits per heavy atom. The molecule has 0 aliphatic rings. The van der Waals surface area contributed by atoms with E-state index in [0.717, 1.165) is 17.7 Å². The van der Waals surface area contributed by atoms with Gasteiger partial charge >= 0.3 is 5.97 Å². The SMILES string of the molecule is O=C(O)c1cc(S(=O)CCc2cccnc2)ccc1F. The molecule has 0 amide bonds. The fourth-order valence-electron chi connectivity index (χ4n) is 1.68. The maximum Gasteiger partial charge on any atom is 0.338 e. The zero-order valence-corrected chi connectivity index (χ0v) is 11.3. The molecule has 1 heterocycles. The van der Waals surface area contributed by atoms with Crippen LogP contribution in [0.4, 0.5) is 4.39 Å². The molecular weight excluding hydrogens is 281 g/mol. The average molecular weight is 293 g/mol. The summed E-state index contributed by atoms with van der Waals surface area (Å²) in [5.41, 5.74) is 0.485. The molecule has 1 unspecified atom stereocenters. The number of rotatable bonds is 5. The number of carboxylic acids is 1. The van der Waals surface area contributed by atoms with Gasteiger partial charge in [-0.1, -0.05) is 6.07 Å². The Hall–Kier alpha value is -2.08. The molecule has 0 aliphatic carbocycles. The van der Waals surface area contributed by atoms with Crippen molar-refractivity contribution >= 4 is 16.8 Å². The molecule has 104 valence electrons. The van der Waals surface area contributed by atoms with E-state index in [1.807, 2.05) is 6.07 Å². The molecule has 1 N–H and O–H groups in total. The molecule has 2 rings (SSSR count). The largest absolute Gasteiger partial charge is 0.478 e. The van der Waals surface area contributed by atoms with E-state index in [0.29, 0.717) is 17.1 Å². The maximum atomic E-state index is 13.2. The molecular formula is C14H12FNO3S. The molecule has 2 aromatic rings. The van der Waals surface area contributed by atoms with Crippen LogP contribution in [0.5, 0.6) is 0 Å². The van der Waals surface area contributed by atoms with Crippen molar-refractivity contribution in [1.82, 2.24) is 4.98 Å². The number of aromatic nitrogens is 1. The molecule has 6 heteroatoms. The first-order chi connectivity index (χ1) is 9.58. The Morgan fingerprint density at radius 3 is 2.80 bits per heavy atom. The molecule has 0 saturated heterocycles. The summed E-state index contributed by atoms with van der Waals surface area (Å²) in [7, 11) is -1.38. The van der Waals surface area contributed by atoms with E-state index in [2.05, 4.69) is 4.98 Å². The van der Waals surface area contributed by atoms with Gasteiger partial charge in [-0.3, -0.25) is 9.19 Å². The van der Waals surface area contributed by atoms with Gasteiger partial charge in [0.05, 0.1) is 16.4 Å². The van der Waals surface area contributed by atoms with Crippen LogP contribution in [0.25, 0.3) is 0 Å². The molecule has 0 bridgehead atoms. The second-order valence-electron chi connectivity index (χ2n) is 4.11. The average Bonchev–Trinajstić information content (AvgIpc) is 2.46. The smallest absolute Gasteiger partial charge is 0.338 e. The number of hydrogen-bond acceptors (Lipinski definition) is 3. The minimum atomic E-state index is -1.38. The monoisotopic (exact) mass is 293 g/mol. The van der Waals surface area contributed by atoms with Crippen LogP contribution in [0, 0.1) is 5.82 Å². The van der Waals surface area contributed by atoms with Gasteiger partial charge in [0, 0.05) is 23.0 Å². The molecule has 0 fully saturated rings. The fourth-order valence-corrected chi connectivity index (χ4v) is 2.81. The number of carbonyl (C=O) groups is 1. The van der Waals surface area contributed by atoms with Crippen LogP contribution >= 0.6 is 0 Å². The Bertz CT molecular complexity index is 646. The molecule has 1 aromatic heterocycles. The molecule has 0 radical (unpaired) electrons. The van der Waals surface area contributed by atoms with Crippen LogP contribution in [0.15, 0.2) is 47.6 Å². The van der Waals surface area contributed by atoms with E-state index in [-0.39, 0.29) is 0 Å². The first kappa shape index (κ1) is 14.3. The highest BCUT2D eigenvalue weighted by Crippen LogP contribution is 2.15. The van der Waals surface area contributed by atoms with Crippen LogP contribution in [0.1, 0.15) is 15.9 Å². The van der Waals surface area contributed by atoms with E-state index >= 15 is 0 Å². The summed E-state index contributed by atoms with van der Waals surface area (Å²) in [6, 6.07) is 7.16. The van der Waals surface area contributed by atoms with Crippen molar-refractivity contribution < 1.29 is 18.5 Å². The Labute approximate surface area is 117 Å². The predicted molar refractivity (Wildman–Crippen MR) is 72.6 cm³/mol. The van der Waals surface area contributed by atoms with Gasteiger partial charge < -0.3 is 5.11 Å². The third kappa shape index (κ3) is 3.48. The summed E-state index contributed by atoms with van der Waals surface area (Å²) in [6.45, 7) is 0. The van der Waals surface area contributed by atoms with Crippen LogP contribution in [-0.2, 0) is 17.2 Å². The van der Waals surface area contributed by atoms with Crippen molar-refractivity contribution in [3.63, 3.8) is 0 Å². The topological polar surface area (TPSA) is 67.3 Å². The number of carboxylic acid groups (broad SMARTS) is 1. The third-order valence-corrected chi connectivity index (χ3v) is 4.08. The Kier molecular flexibility index (Phi) is 4.57. The van der Waals surface area contributed by atoms with E-state index < -0.39 is 28.1 Å². The van der Waals surface area contributed by atoms with Gasteiger partial charge in [0.1, 0.15) is 5.82 Å². The van der Waals surface area contributed by atoms with Crippen molar-refractivity contribution in [1.29, 1.82) is 0 Å². The molecule has 1 atom stereocenters. The van der Waals surface area contributed by atoms with Gasteiger partial charge in [-0.05, 0) is 36.2 Å². The normalized spacial score (nSPS) is 12.1. The standard InChI is InChI=1S/C14H12FNO3S/c15-13-4-3-11(8-12(13)14(17)18)20(19)7-5-10-2-1-6-16-9-10/h1-4,6,8-9H,5,7H2,(H,17,18). The lowest BCUT2D eigenvalue weighted by Gasteiger charge is -2.04. The number of hydrogen-bond donors (Lipinski definition) is 1. The molecule has 4 nitrogen and oxygen atoms in total. The van der Waals surface area contributed by atoms with Crippen LogP contribution < -0.4 is 0 Å². The summed E-state index contributed by atoms with van der Waals surface area (Å²) in [5, 5.41) is 8.83. The number of pyridine rings is 1. The second kappa shape index (κ2) is 6.38. The van der Waals surface area contributed by atoms with E-state index in [1.54, 1.807) is 18.5 Å². The van der Waals surface area contributed by atoms with E-state index in [4.69, 9.17) is 5.11 Å². The second-order valence-corrected chi connectivity index (χ2v) is 5.68. The zero-order chi connectivity index (χ0) is 14.5. The van der Waals surface area contributed by atoms with Gasteiger partial charge in [-0.15, -0.1) is 0 Å². The first-order valence-electron chi connectivity index (χ1n) is 5.88. The molecule has 0 saturated carbocycles. The van der Waals surface area contributed by atoms with Crippen molar-refractivity contribution in [2.75, 3.05) is 5.75 Å². The van der Waals surface area contributed by atoms with Crippen LogP contribution in [-0.4, -0.2) is 26.0 Å². The van der Waals surface area contributed by atoms with Crippen LogP contribution in [0.2, 0.25) is 0 Å². The predicted octanol–water partition coefficient (Wildman–Crippen LogP) is 2.27. The zero-order valence-electron chi connectivity index (χ0n) is 10.5. The van der Waals surface area contributed by atoms with Crippen LogP contribution in [0.3, 0.4) is 0 Å². The lowest BCUT2D eigenvalue weighted by molar-refractivity contribution is 0.0691. The summed E-state index contributed by atoms with van der Waals surface area (Å²) in [5.74, 6) is -1.87. The first-order valence-corrected chi connectivity index (χ1v) is 7.20. The quantitative estimate of drug-likeness (QED) is 0.918.